The number of halogens is 1. The van der Waals surface area contributed by atoms with Gasteiger partial charge in [-0.25, -0.2) is 8.42 Å². The summed E-state index contributed by atoms with van der Waals surface area (Å²) >= 11 is 0. The first-order valence-corrected chi connectivity index (χ1v) is 20.8. The molecule has 44 heavy (non-hydrogen) atoms. The first kappa shape index (κ1) is 30.0. The molecule has 0 amide bonds. The molecule has 5 aliphatic heterocycles. The van der Waals surface area contributed by atoms with Crippen LogP contribution in [-0.4, -0.2) is 63.0 Å². The van der Waals surface area contributed by atoms with Crippen LogP contribution in [-0.2, 0) is 9.05 Å². The summed E-state index contributed by atoms with van der Waals surface area (Å²) in [6.45, 7) is 0. The van der Waals surface area contributed by atoms with Crippen LogP contribution in [0.4, 0.5) is 0 Å². The second-order valence-corrected chi connectivity index (χ2v) is 19.0. The molecule has 5 heterocycles. The molecule has 0 aromatic carbocycles. The molecule has 8 bridgehead atoms. The Labute approximate surface area is 268 Å². The number of hydrogen-bond donors (Lipinski definition) is 8. The van der Waals surface area contributed by atoms with Gasteiger partial charge < -0.3 is 0 Å². The standard InChI is InChI=1S/C32H55ClN8O2S/c33-44(42,43)23-15-7-14-22-24(23)32-40-30-21-13-6-5-12-20(21)28(38-30)36-26-17-9-2-1-8-16(17)25(34-26)35-27-18-10-3-4-11-19(18)29(37-27)39-31(22)41-32/h16-32,34-41H,1-15H2. The van der Waals surface area contributed by atoms with Gasteiger partial charge in [-0.3, -0.25) is 42.5 Å². The Morgan fingerprint density at radius 2 is 0.636 bits per heavy atom. The predicted octanol–water partition coefficient (Wildman–Crippen LogP) is 2.15. The summed E-state index contributed by atoms with van der Waals surface area (Å²) in [7, 11) is 2.54. The maximum Gasteiger partial charge on any atom is 0.235 e. The van der Waals surface area contributed by atoms with E-state index in [1.807, 2.05) is 0 Å². The van der Waals surface area contributed by atoms with Crippen molar-refractivity contribution < 1.29 is 8.42 Å². The van der Waals surface area contributed by atoms with E-state index in [-0.39, 0.29) is 48.8 Å². The van der Waals surface area contributed by atoms with E-state index in [4.69, 9.17) is 10.7 Å². The molecular formula is C32H55ClN8O2S. The number of rotatable bonds is 1. The molecule has 9 aliphatic rings. The minimum atomic E-state index is -3.68. The lowest BCUT2D eigenvalue weighted by Crippen LogP contribution is -2.62. The van der Waals surface area contributed by atoms with Crippen LogP contribution in [0.15, 0.2) is 0 Å². The lowest BCUT2D eigenvalue weighted by atomic mass is 9.76. The molecule has 0 spiro atoms. The summed E-state index contributed by atoms with van der Waals surface area (Å²) in [5, 5.41) is 32.2. The summed E-state index contributed by atoms with van der Waals surface area (Å²) in [5.41, 5.74) is 0. The summed E-state index contributed by atoms with van der Waals surface area (Å²) < 4.78 is 26.1. The molecule has 5 saturated heterocycles. The average molecular weight is 651 g/mol. The fourth-order valence-corrected chi connectivity index (χ4v) is 14.1. The zero-order valence-electron chi connectivity index (χ0n) is 26.0. The zero-order valence-corrected chi connectivity index (χ0v) is 27.6. The fourth-order valence-electron chi connectivity index (χ4n) is 12.3. The molecule has 0 radical (unpaired) electrons. The summed E-state index contributed by atoms with van der Waals surface area (Å²) in [4.78, 5) is 0. The Morgan fingerprint density at radius 1 is 0.364 bits per heavy atom. The van der Waals surface area contributed by atoms with Crippen molar-refractivity contribution in [2.24, 2.45) is 47.3 Å². The highest BCUT2D eigenvalue weighted by atomic mass is 35.7. The van der Waals surface area contributed by atoms with E-state index in [1.165, 1.54) is 77.0 Å². The molecule has 12 heteroatoms. The Kier molecular flexibility index (Phi) is 8.05. The molecule has 9 rings (SSSR count). The maximum atomic E-state index is 13.0. The van der Waals surface area contributed by atoms with Gasteiger partial charge in [0, 0.05) is 16.6 Å². The van der Waals surface area contributed by atoms with Gasteiger partial charge in [0.25, 0.3) is 0 Å². The van der Waals surface area contributed by atoms with Crippen LogP contribution in [0.25, 0.3) is 0 Å². The van der Waals surface area contributed by atoms with Gasteiger partial charge >= 0.3 is 0 Å². The third kappa shape index (κ3) is 5.13. The molecule has 8 N–H and O–H groups in total. The molecule has 248 valence electrons. The monoisotopic (exact) mass is 650 g/mol. The van der Waals surface area contributed by atoms with Gasteiger partial charge in [0.2, 0.25) is 9.05 Å². The average Bonchev–Trinajstić information content (AvgIpc) is 3.76. The van der Waals surface area contributed by atoms with Gasteiger partial charge in [-0.05, 0) is 92.8 Å². The molecule has 10 nitrogen and oxygen atoms in total. The van der Waals surface area contributed by atoms with Crippen LogP contribution in [0.3, 0.4) is 0 Å². The van der Waals surface area contributed by atoms with E-state index in [9.17, 15) is 8.42 Å². The van der Waals surface area contributed by atoms with Gasteiger partial charge in [-0.1, -0.05) is 44.9 Å². The topological polar surface area (TPSA) is 130 Å². The lowest BCUT2D eigenvalue weighted by Gasteiger charge is -2.38. The molecule has 0 aromatic heterocycles. The molecule has 17 unspecified atom stereocenters. The zero-order chi connectivity index (χ0) is 29.6. The van der Waals surface area contributed by atoms with Crippen LogP contribution < -0.4 is 42.5 Å². The van der Waals surface area contributed by atoms with Crippen LogP contribution in [0.2, 0.25) is 0 Å². The van der Waals surface area contributed by atoms with Crippen molar-refractivity contribution >= 4 is 19.7 Å². The Hall–Kier alpha value is -0.0800. The normalized spacial score (nSPS) is 55.5. The largest absolute Gasteiger partial charge is 0.286 e. The van der Waals surface area contributed by atoms with Crippen LogP contribution in [0.5, 0.6) is 0 Å². The van der Waals surface area contributed by atoms with Gasteiger partial charge in [0.15, 0.2) is 0 Å². The van der Waals surface area contributed by atoms with E-state index >= 15 is 0 Å². The minimum Gasteiger partial charge on any atom is -0.286 e. The first-order valence-electron chi connectivity index (χ1n) is 18.4. The fraction of sp³-hybridized carbons (Fsp3) is 1.00. The van der Waals surface area contributed by atoms with Crippen molar-refractivity contribution in [1.29, 1.82) is 0 Å². The minimum absolute atomic E-state index is 0.0477. The number of hydrogen-bond acceptors (Lipinski definition) is 10. The second-order valence-electron chi connectivity index (χ2n) is 16.2. The van der Waals surface area contributed by atoms with E-state index < -0.39 is 14.3 Å². The van der Waals surface area contributed by atoms with Crippen molar-refractivity contribution in [2.75, 3.05) is 0 Å². The van der Waals surface area contributed by atoms with Gasteiger partial charge in [-0.15, -0.1) is 0 Å². The van der Waals surface area contributed by atoms with Crippen molar-refractivity contribution in [3.05, 3.63) is 0 Å². The quantitative estimate of drug-likeness (QED) is 0.200. The third-order valence-electron chi connectivity index (χ3n) is 14.2. The molecule has 0 aromatic rings. The van der Waals surface area contributed by atoms with Gasteiger partial charge in [0.05, 0.1) is 54.6 Å². The van der Waals surface area contributed by atoms with Crippen molar-refractivity contribution in [1.82, 2.24) is 42.5 Å². The Morgan fingerprint density at radius 3 is 0.955 bits per heavy atom. The van der Waals surface area contributed by atoms with Crippen molar-refractivity contribution in [2.45, 2.75) is 151 Å². The first-order chi connectivity index (χ1) is 21.4. The van der Waals surface area contributed by atoms with Gasteiger partial charge in [0.1, 0.15) is 0 Å². The SMILES string of the molecule is O=S(=O)(Cl)C1CCCC2C3NC4NC(NC5NC(NC6NC(NC(N3)C21)C1CCCCC61)C1CCCCC51)C1CCCCC41. The lowest BCUT2D eigenvalue weighted by molar-refractivity contribution is 0.168. The molecule has 9 fully saturated rings. The summed E-state index contributed by atoms with van der Waals surface area (Å²) in [6.07, 6.45) is 19.6. The van der Waals surface area contributed by atoms with Crippen LogP contribution >= 0.6 is 10.7 Å². The van der Waals surface area contributed by atoms with Crippen molar-refractivity contribution in [3.63, 3.8) is 0 Å². The van der Waals surface area contributed by atoms with E-state index in [2.05, 4.69) is 42.5 Å². The number of nitrogens with one attached hydrogen (secondary N) is 8. The van der Waals surface area contributed by atoms with Crippen LogP contribution in [0.1, 0.15) is 96.3 Å². The van der Waals surface area contributed by atoms with Crippen LogP contribution in [0, 0.1) is 47.3 Å². The van der Waals surface area contributed by atoms with Crippen molar-refractivity contribution in [3.8, 4) is 0 Å². The number of fused-ring (bicyclic) bond motifs is 20. The maximum absolute atomic E-state index is 13.0. The van der Waals surface area contributed by atoms with Gasteiger partial charge in [-0.2, -0.15) is 0 Å². The summed E-state index contributed by atoms with van der Waals surface area (Å²) in [5.74, 6) is 3.81. The smallest absolute Gasteiger partial charge is 0.235 e. The second kappa shape index (κ2) is 11.8. The molecule has 4 saturated carbocycles. The molecule has 4 aliphatic carbocycles. The predicted molar refractivity (Wildman–Crippen MR) is 171 cm³/mol. The highest BCUT2D eigenvalue weighted by Crippen LogP contribution is 2.47. The van der Waals surface area contributed by atoms with E-state index in [1.54, 1.807) is 0 Å². The Balaban J connectivity index is 1.08. The summed E-state index contributed by atoms with van der Waals surface area (Å²) in [6, 6.07) is 0. The molecular weight excluding hydrogens is 596 g/mol. The van der Waals surface area contributed by atoms with E-state index in [0.717, 1.165) is 12.8 Å². The third-order valence-corrected chi connectivity index (χ3v) is 16.2. The Bertz CT molecular complexity index is 1180. The highest BCUT2D eigenvalue weighted by Gasteiger charge is 2.57. The van der Waals surface area contributed by atoms with E-state index in [0.29, 0.717) is 54.3 Å². The molecule has 17 atom stereocenters. The highest BCUT2D eigenvalue weighted by molar-refractivity contribution is 8.14.